The first-order chi connectivity index (χ1) is 8.11. The van der Waals surface area contributed by atoms with E-state index in [0.29, 0.717) is 5.56 Å². The topological polar surface area (TPSA) is 63.4 Å². The number of nitrogens with two attached hydrogens (primary N) is 1. The summed E-state index contributed by atoms with van der Waals surface area (Å²) < 4.78 is 0. The van der Waals surface area contributed by atoms with Crippen molar-refractivity contribution in [2.75, 3.05) is 6.54 Å². The first kappa shape index (κ1) is 11.6. The number of amides is 2. The van der Waals surface area contributed by atoms with E-state index in [1.165, 1.54) is 0 Å². The summed E-state index contributed by atoms with van der Waals surface area (Å²) in [4.78, 5) is 24.7. The van der Waals surface area contributed by atoms with Gasteiger partial charge in [-0.25, -0.2) is 0 Å². The van der Waals surface area contributed by atoms with Gasteiger partial charge in [-0.2, -0.15) is 0 Å². The summed E-state index contributed by atoms with van der Waals surface area (Å²) >= 11 is 0. The lowest BCUT2D eigenvalue weighted by Gasteiger charge is -2.25. The van der Waals surface area contributed by atoms with Crippen LogP contribution in [0.25, 0.3) is 0 Å². The predicted molar refractivity (Wildman–Crippen MR) is 64.3 cm³/mol. The van der Waals surface area contributed by atoms with Gasteiger partial charge in [0.25, 0.3) is 0 Å². The molecule has 2 N–H and O–H groups in total. The molecule has 1 atom stereocenters. The van der Waals surface area contributed by atoms with Gasteiger partial charge in [-0.15, -0.1) is 0 Å². The van der Waals surface area contributed by atoms with Gasteiger partial charge in [0.2, 0.25) is 11.8 Å². The highest BCUT2D eigenvalue weighted by Crippen LogP contribution is 2.33. The molecular weight excluding hydrogens is 216 g/mol. The Morgan fingerprint density at radius 3 is 2.71 bits per heavy atom. The van der Waals surface area contributed by atoms with Crippen molar-refractivity contribution in [3.8, 4) is 0 Å². The van der Waals surface area contributed by atoms with E-state index in [1.54, 1.807) is 19.1 Å². The SMILES string of the molecule is CC(=O)N1CCCC1c1ccccc1C(N)=O. The summed E-state index contributed by atoms with van der Waals surface area (Å²) in [5.41, 5.74) is 6.75. The van der Waals surface area contributed by atoms with Crippen LogP contribution in [0.5, 0.6) is 0 Å². The lowest BCUT2D eigenvalue weighted by molar-refractivity contribution is -0.129. The fraction of sp³-hybridized carbons (Fsp3) is 0.385. The Hall–Kier alpha value is -1.84. The second-order valence-corrected chi connectivity index (χ2v) is 4.32. The molecule has 0 aromatic heterocycles. The number of rotatable bonds is 2. The minimum atomic E-state index is -0.434. The van der Waals surface area contributed by atoms with Crippen molar-refractivity contribution in [3.63, 3.8) is 0 Å². The zero-order valence-electron chi connectivity index (χ0n) is 9.85. The van der Waals surface area contributed by atoms with E-state index in [9.17, 15) is 9.59 Å². The van der Waals surface area contributed by atoms with Crippen LogP contribution in [0, 0.1) is 0 Å². The number of benzene rings is 1. The third kappa shape index (κ3) is 2.16. The molecule has 0 spiro atoms. The fourth-order valence-electron chi connectivity index (χ4n) is 2.48. The van der Waals surface area contributed by atoms with Crippen LogP contribution in [0.3, 0.4) is 0 Å². The van der Waals surface area contributed by atoms with E-state index >= 15 is 0 Å². The number of hydrogen-bond acceptors (Lipinski definition) is 2. The molecule has 0 aliphatic carbocycles. The molecule has 2 amide bonds. The van der Waals surface area contributed by atoms with Gasteiger partial charge in [0, 0.05) is 19.0 Å². The van der Waals surface area contributed by atoms with Crippen LogP contribution < -0.4 is 5.73 Å². The second-order valence-electron chi connectivity index (χ2n) is 4.32. The lowest BCUT2D eigenvalue weighted by atomic mass is 9.98. The summed E-state index contributed by atoms with van der Waals surface area (Å²) in [6, 6.07) is 7.26. The van der Waals surface area contributed by atoms with Crippen LogP contribution in [0.4, 0.5) is 0 Å². The highest BCUT2D eigenvalue weighted by atomic mass is 16.2. The Bertz CT molecular complexity index is 456. The van der Waals surface area contributed by atoms with Crippen LogP contribution >= 0.6 is 0 Å². The molecule has 0 saturated carbocycles. The van der Waals surface area contributed by atoms with E-state index in [0.717, 1.165) is 24.9 Å². The number of hydrogen-bond donors (Lipinski definition) is 1. The van der Waals surface area contributed by atoms with Gasteiger partial charge in [0.15, 0.2) is 0 Å². The molecule has 1 aromatic rings. The van der Waals surface area contributed by atoms with Crippen LogP contribution in [-0.4, -0.2) is 23.3 Å². The van der Waals surface area contributed by atoms with Crippen molar-refractivity contribution >= 4 is 11.8 Å². The smallest absolute Gasteiger partial charge is 0.249 e. The summed E-state index contributed by atoms with van der Waals surface area (Å²) in [5.74, 6) is -0.386. The van der Waals surface area contributed by atoms with Gasteiger partial charge in [0.1, 0.15) is 0 Å². The minimum Gasteiger partial charge on any atom is -0.366 e. The van der Waals surface area contributed by atoms with Crippen LogP contribution in [0.2, 0.25) is 0 Å². The Balaban J connectivity index is 2.39. The van der Waals surface area contributed by atoms with E-state index < -0.39 is 5.91 Å². The molecule has 4 nitrogen and oxygen atoms in total. The zero-order chi connectivity index (χ0) is 12.4. The van der Waals surface area contributed by atoms with Crippen molar-refractivity contribution in [2.24, 2.45) is 5.73 Å². The van der Waals surface area contributed by atoms with Crippen molar-refractivity contribution in [2.45, 2.75) is 25.8 Å². The molecule has 0 bridgehead atoms. The zero-order valence-corrected chi connectivity index (χ0v) is 9.85. The minimum absolute atomic E-state index is 0.00352. The summed E-state index contributed by atoms with van der Waals surface area (Å²) in [6.07, 6.45) is 1.86. The average molecular weight is 232 g/mol. The fourth-order valence-corrected chi connectivity index (χ4v) is 2.48. The molecule has 17 heavy (non-hydrogen) atoms. The molecular formula is C13H16N2O2. The summed E-state index contributed by atoms with van der Waals surface area (Å²) in [5, 5.41) is 0. The number of primary amides is 1. The van der Waals surface area contributed by atoms with Crippen molar-refractivity contribution in [3.05, 3.63) is 35.4 Å². The van der Waals surface area contributed by atoms with Gasteiger partial charge >= 0.3 is 0 Å². The molecule has 1 fully saturated rings. The molecule has 1 heterocycles. The maximum absolute atomic E-state index is 11.5. The second kappa shape index (κ2) is 4.57. The maximum atomic E-state index is 11.5. The maximum Gasteiger partial charge on any atom is 0.249 e. The largest absolute Gasteiger partial charge is 0.366 e. The normalized spacial score (nSPS) is 19.4. The van der Waals surface area contributed by atoms with Crippen LogP contribution in [-0.2, 0) is 4.79 Å². The third-order valence-corrected chi connectivity index (χ3v) is 3.24. The van der Waals surface area contributed by atoms with Gasteiger partial charge < -0.3 is 10.6 Å². The van der Waals surface area contributed by atoms with Crippen molar-refractivity contribution in [1.82, 2.24) is 4.90 Å². The van der Waals surface area contributed by atoms with E-state index in [2.05, 4.69) is 0 Å². The van der Waals surface area contributed by atoms with Crippen LogP contribution in [0.1, 0.15) is 41.7 Å². The van der Waals surface area contributed by atoms with Gasteiger partial charge in [0.05, 0.1) is 6.04 Å². The summed E-state index contributed by atoms with van der Waals surface area (Å²) in [7, 11) is 0. The monoisotopic (exact) mass is 232 g/mol. The molecule has 1 aliphatic rings. The molecule has 1 unspecified atom stereocenters. The molecule has 4 heteroatoms. The third-order valence-electron chi connectivity index (χ3n) is 3.24. The Morgan fingerprint density at radius 2 is 2.06 bits per heavy atom. The highest BCUT2D eigenvalue weighted by Gasteiger charge is 2.29. The Labute approximate surface area is 100 Å². The average Bonchev–Trinajstić information content (AvgIpc) is 2.77. The molecule has 1 aromatic carbocycles. The summed E-state index contributed by atoms with van der Waals surface area (Å²) in [6.45, 7) is 2.32. The number of carbonyl (C=O) groups is 2. The van der Waals surface area contributed by atoms with Gasteiger partial charge in [-0.3, -0.25) is 9.59 Å². The quantitative estimate of drug-likeness (QED) is 0.839. The lowest BCUT2D eigenvalue weighted by Crippen LogP contribution is -2.29. The van der Waals surface area contributed by atoms with Crippen molar-refractivity contribution < 1.29 is 9.59 Å². The van der Waals surface area contributed by atoms with Gasteiger partial charge in [-0.05, 0) is 24.5 Å². The van der Waals surface area contributed by atoms with E-state index in [4.69, 9.17) is 5.73 Å². The highest BCUT2D eigenvalue weighted by molar-refractivity contribution is 5.94. The van der Waals surface area contributed by atoms with Gasteiger partial charge in [-0.1, -0.05) is 18.2 Å². The first-order valence-corrected chi connectivity index (χ1v) is 5.77. The molecule has 2 rings (SSSR count). The van der Waals surface area contributed by atoms with E-state index in [-0.39, 0.29) is 11.9 Å². The Morgan fingerprint density at radius 1 is 1.35 bits per heavy atom. The number of likely N-dealkylation sites (tertiary alicyclic amines) is 1. The van der Waals surface area contributed by atoms with Crippen molar-refractivity contribution in [1.29, 1.82) is 0 Å². The molecule has 1 saturated heterocycles. The Kier molecular flexibility index (Phi) is 3.13. The predicted octanol–water partition coefficient (Wildman–Crippen LogP) is 1.47. The van der Waals surface area contributed by atoms with E-state index in [1.807, 2.05) is 17.0 Å². The number of nitrogens with zero attached hydrogens (tertiary/aromatic N) is 1. The van der Waals surface area contributed by atoms with Crippen LogP contribution in [0.15, 0.2) is 24.3 Å². The first-order valence-electron chi connectivity index (χ1n) is 5.77. The number of carbonyl (C=O) groups excluding carboxylic acids is 2. The molecule has 0 radical (unpaired) electrons. The standard InChI is InChI=1S/C13H16N2O2/c1-9(16)15-8-4-7-12(15)10-5-2-3-6-11(10)13(14)17/h2-3,5-6,12H,4,7-8H2,1H3,(H2,14,17). The molecule has 1 aliphatic heterocycles. The molecule has 90 valence electrons.